The van der Waals surface area contributed by atoms with Crippen molar-refractivity contribution in [1.82, 2.24) is 20.3 Å². The highest BCUT2D eigenvalue weighted by Crippen LogP contribution is 2.60. The fraction of sp³-hybridized carbons (Fsp3) is 0.391. The molecule has 0 aliphatic carbocycles. The zero-order chi connectivity index (χ0) is 41.8. The largest absolute Gasteiger partial charge is 0.432 e. The summed E-state index contributed by atoms with van der Waals surface area (Å²) in [7, 11) is -2.93. The zero-order valence-corrected chi connectivity index (χ0v) is 36.0. The van der Waals surface area contributed by atoms with Gasteiger partial charge in [-0.25, -0.2) is 0 Å². The van der Waals surface area contributed by atoms with Gasteiger partial charge in [0.2, 0.25) is 0 Å². The van der Waals surface area contributed by atoms with Crippen molar-refractivity contribution in [3.05, 3.63) is 137 Å². The van der Waals surface area contributed by atoms with Crippen LogP contribution in [0, 0.1) is 5.92 Å². The number of para-hydroxylation sites is 1. The van der Waals surface area contributed by atoms with Gasteiger partial charge in [0.15, 0.2) is 13.9 Å². The van der Waals surface area contributed by atoms with Gasteiger partial charge in [0.1, 0.15) is 5.54 Å². The number of nitrogens with zero attached hydrogens (tertiary/aromatic N) is 6. The normalized spacial score (nSPS) is 24.2. The summed E-state index contributed by atoms with van der Waals surface area (Å²) in [6, 6.07) is 33.4. The van der Waals surface area contributed by atoms with Crippen LogP contribution in [-0.2, 0) is 33.0 Å². The Morgan fingerprint density at radius 2 is 1.65 bits per heavy atom. The number of piperidine rings is 1. The molecule has 4 aliphatic heterocycles. The van der Waals surface area contributed by atoms with Gasteiger partial charge in [-0.15, -0.1) is 5.10 Å². The summed E-state index contributed by atoms with van der Waals surface area (Å²) in [4.78, 5) is 47.5. The fourth-order valence-electron chi connectivity index (χ4n) is 10.5. The van der Waals surface area contributed by atoms with Crippen molar-refractivity contribution in [2.24, 2.45) is 5.92 Å². The molecule has 312 valence electrons. The van der Waals surface area contributed by atoms with Gasteiger partial charge in [-0.1, -0.05) is 84.4 Å². The van der Waals surface area contributed by atoms with Gasteiger partial charge in [-0.2, -0.15) is 0 Å². The Hall–Kier alpha value is -4.89. The highest BCUT2D eigenvalue weighted by Gasteiger charge is 2.66. The maximum atomic E-state index is 15.2. The Morgan fingerprint density at radius 1 is 0.933 bits per heavy atom. The fourth-order valence-corrected chi connectivity index (χ4v) is 13.3. The van der Waals surface area contributed by atoms with Gasteiger partial charge < -0.3 is 29.8 Å². The quantitative estimate of drug-likeness (QED) is 0.129. The molecule has 0 bridgehead atoms. The maximum absolute atomic E-state index is 15.2. The van der Waals surface area contributed by atoms with Crippen LogP contribution in [0.5, 0.6) is 0 Å². The monoisotopic (exact) mass is 845 g/mol. The predicted molar refractivity (Wildman–Crippen MR) is 234 cm³/mol. The van der Waals surface area contributed by atoms with E-state index in [9.17, 15) is 14.7 Å². The van der Waals surface area contributed by atoms with E-state index in [1.54, 1.807) is 15.6 Å². The smallest absolute Gasteiger partial charge is 0.264 e. The molecule has 3 N–H and O–H groups in total. The summed E-state index contributed by atoms with van der Waals surface area (Å²) < 4.78 is 8.84. The number of aliphatic hydroxyl groups excluding tert-OH is 1. The van der Waals surface area contributed by atoms with Crippen LogP contribution in [0.4, 0.5) is 17.1 Å². The molecular weight excluding hydrogens is 794 g/mol. The van der Waals surface area contributed by atoms with Crippen LogP contribution in [0.1, 0.15) is 54.5 Å². The Morgan fingerprint density at radius 3 is 2.37 bits per heavy atom. The lowest BCUT2D eigenvalue weighted by Gasteiger charge is -2.39. The lowest BCUT2D eigenvalue weighted by Crippen LogP contribution is -2.55. The van der Waals surface area contributed by atoms with Gasteiger partial charge >= 0.3 is 0 Å². The van der Waals surface area contributed by atoms with E-state index in [4.69, 9.17) is 16.3 Å². The SMILES string of the molecule is C[C@@H]1[C@@H]([Si](C)(C)O)[C@H](CCn2cc(C(CO)c3ccccc3)nn2)O[C@@]12C(=O)N(Cc1cccc(N3CN(c4ccccc4)C4(CCNCC4)C3=O)c1)c1ccc(Cl)cc12. The second-order valence-corrected chi connectivity index (χ2v) is 21.8. The lowest BCUT2D eigenvalue weighted by atomic mass is 9.82. The van der Waals surface area contributed by atoms with E-state index >= 15 is 4.79 Å². The van der Waals surface area contributed by atoms with Crippen LogP contribution in [-0.4, -0.2) is 83.0 Å². The molecule has 5 aromatic rings. The second kappa shape index (κ2) is 15.9. The third-order valence-electron chi connectivity index (χ3n) is 13.4. The van der Waals surface area contributed by atoms with E-state index in [-0.39, 0.29) is 42.3 Å². The number of nitrogens with one attached hydrogen (secondary N) is 1. The van der Waals surface area contributed by atoms with E-state index in [1.165, 1.54) is 0 Å². The van der Waals surface area contributed by atoms with Crippen molar-refractivity contribution in [3.63, 3.8) is 0 Å². The minimum atomic E-state index is -2.93. The lowest BCUT2D eigenvalue weighted by molar-refractivity contribution is -0.146. The average molecular weight is 847 g/mol. The number of halogens is 1. The third-order valence-corrected chi connectivity index (χ3v) is 16.1. The second-order valence-electron chi connectivity index (χ2n) is 17.3. The minimum absolute atomic E-state index is 0.0915. The zero-order valence-electron chi connectivity index (χ0n) is 34.2. The van der Waals surface area contributed by atoms with E-state index in [2.05, 4.69) is 32.7 Å². The first-order chi connectivity index (χ1) is 28.9. The molecule has 60 heavy (non-hydrogen) atoms. The minimum Gasteiger partial charge on any atom is -0.432 e. The Labute approximate surface area is 356 Å². The molecule has 5 heterocycles. The highest BCUT2D eigenvalue weighted by molar-refractivity contribution is 6.71. The molecule has 1 unspecified atom stereocenters. The van der Waals surface area contributed by atoms with E-state index in [1.807, 2.05) is 116 Å². The first-order valence-electron chi connectivity index (χ1n) is 21.0. The summed E-state index contributed by atoms with van der Waals surface area (Å²) in [6.07, 6.45) is 3.31. The Bertz CT molecular complexity index is 2370. The summed E-state index contributed by atoms with van der Waals surface area (Å²) >= 11 is 6.69. The number of carbonyl (C=O) groups is 2. The van der Waals surface area contributed by atoms with Crippen LogP contribution in [0.2, 0.25) is 23.7 Å². The molecule has 4 aliphatic rings. The average Bonchev–Trinajstić information content (AvgIpc) is 3.97. The number of aromatic nitrogens is 3. The van der Waals surface area contributed by atoms with Gasteiger partial charge in [-0.05, 0) is 99.0 Å². The van der Waals surface area contributed by atoms with Crippen molar-refractivity contribution in [3.8, 4) is 0 Å². The number of aliphatic hydroxyl groups is 1. The van der Waals surface area contributed by atoms with Crippen LogP contribution in [0.25, 0.3) is 0 Å². The molecular formula is C46H52ClN7O5Si. The van der Waals surface area contributed by atoms with Crippen molar-refractivity contribution in [1.29, 1.82) is 0 Å². The molecule has 4 aromatic carbocycles. The molecule has 3 fully saturated rings. The molecule has 2 spiro atoms. The molecule has 3 saturated heterocycles. The molecule has 14 heteroatoms. The molecule has 5 atom stereocenters. The molecule has 1 aromatic heterocycles. The molecule has 0 radical (unpaired) electrons. The molecule has 12 nitrogen and oxygen atoms in total. The number of anilines is 3. The van der Waals surface area contributed by atoms with Crippen molar-refractivity contribution >= 4 is 48.8 Å². The molecule has 2 amide bonds. The number of hydrogen-bond donors (Lipinski definition) is 3. The van der Waals surface area contributed by atoms with Crippen LogP contribution in [0.3, 0.4) is 0 Å². The van der Waals surface area contributed by atoms with Gasteiger partial charge in [-0.3, -0.25) is 19.2 Å². The summed E-state index contributed by atoms with van der Waals surface area (Å²) in [6.45, 7) is 8.41. The van der Waals surface area contributed by atoms with Gasteiger partial charge in [0.05, 0.1) is 43.2 Å². The van der Waals surface area contributed by atoms with E-state index in [0.29, 0.717) is 48.8 Å². The van der Waals surface area contributed by atoms with Crippen LogP contribution in [0.15, 0.2) is 109 Å². The van der Waals surface area contributed by atoms with Crippen molar-refractivity contribution in [2.45, 2.75) is 81.1 Å². The third kappa shape index (κ3) is 6.85. The van der Waals surface area contributed by atoms with Crippen LogP contribution < -0.4 is 20.0 Å². The Balaban J connectivity index is 0.991. The summed E-state index contributed by atoms with van der Waals surface area (Å²) in [5, 5.41) is 23.0. The number of hydrogen-bond acceptors (Lipinski definition) is 9. The van der Waals surface area contributed by atoms with Crippen molar-refractivity contribution in [2.75, 3.05) is 41.1 Å². The van der Waals surface area contributed by atoms with Crippen LogP contribution >= 0.6 is 11.6 Å². The predicted octanol–water partition coefficient (Wildman–Crippen LogP) is 6.42. The first kappa shape index (κ1) is 40.5. The summed E-state index contributed by atoms with van der Waals surface area (Å²) in [5.74, 6) is -0.779. The van der Waals surface area contributed by atoms with Crippen molar-refractivity contribution < 1.29 is 24.2 Å². The highest BCUT2D eigenvalue weighted by atomic mass is 35.5. The summed E-state index contributed by atoms with van der Waals surface area (Å²) in [5.41, 5.74) is 3.43. The van der Waals surface area contributed by atoms with Gasteiger partial charge in [0.25, 0.3) is 11.8 Å². The van der Waals surface area contributed by atoms with E-state index in [0.717, 1.165) is 41.3 Å². The van der Waals surface area contributed by atoms with E-state index < -0.39 is 25.6 Å². The standard InChI is InChI=1S/C46H52ClN7O5Si/c1-31-42(60(2,3)58)41(19-24-51-28-39(49-50-51)37(29-55)33-12-6-4-7-13-33)59-46(31)38-26-34(47)17-18-40(38)52(44(46)57)27-32-11-10-16-36(25-32)53-30-54(35-14-8-5-9-15-35)45(43(53)56)20-22-48-23-21-45/h4-18,25-26,28,31,37,41-42,48,55,58H,19-24,27,29-30H2,1-3H3/t31-,37?,41+,42-,46+/m1/s1. The number of ether oxygens (including phenoxy) is 1. The maximum Gasteiger partial charge on any atom is 0.264 e. The molecule has 9 rings (SSSR count). The molecule has 0 saturated carbocycles. The Kier molecular flexibility index (Phi) is 10.7. The number of fused-ring (bicyclic) bond motifs is 2. The number of benzene rings is 4. The first-order valence-corrected chi connectivity index (χ1v) is 24.4. The topological polar surface area (TPSA) is 136 Å². The van der Waals surface area contributed by atoms with Gasteiger partial charge in [0, 0.05) is 46.2 Å². The number of amides is 2. The number of rotatable bonds is 11. The number of aryl methyl sites for hydroxylation is 1. The number of carbonyl (C=O) groups excluding carboxylic acids is 2.